The van der Waals surface area contributed by atoms with Crippen LogP contribution in [0.1, 0.15) is 17.5 Å². The van der Waals surface area contributed by atoms with Gasteiger partial charge in [-0.05, 0) is 36.6 Å². The van der Waals surface area contributed by atoms with Gasteiger partial charge in [-0.25, -0.2) is 10.4 Å². The lowest BCUT2D eigenvalue weighted by molar-refractivity contribution is -0.141. The van der Waals surface area contributed by atoms with Gasteiger partial charge in [0.2, 0.25) is 11.8 Å². The molecule has 8 heteroatoms. The summed E-state index contributed by atoms with van der Waals surface area (Å²) in [6.45, 7) is 9.06. The molecule has 1 N–H and O–H groups in total. The average molecular weight is 506 g/mol. The molecule has 3 atom stereocenters. The summed E-state index contributed by atoms with van der Waals surface area (Å²) in [5, 5.41) is 1.66. The first kappa shape index (κ1) is 25.9. The molecule has 0 saturated carbocycles. The van der Waals surface area contributed by atoms with E-state index in [2.05, 4.69) is 46.4 Å². The first-order chi connectivity index (χ1) is 18.0. The lowest BCUT2D eigenvalue weighted by Crippen LogP contribution is -2.59. The number of para-hydroxylation sites is 1. The van der Waals surface area contributed by atoms with Gasteiger partial charge in [0, 0.05) is 66.1 Å². The lowest BCUT2D eigenvalue weighted by atomic mass is 9.83. The van der Waals surface area contributed by atoms with Crippen LogP contribution in [0.25, 0.3) is 0 Å². The summed E-state index contributed by atoms with van der Waals surface area (Å²) >= 11 is 0. The number of methoxy groups -OCH3 is 1. The molecule has 8 nitrogen and oxygen atoms in total. The summed E-state index contributed by atoms with van der Waals surface area (Å²) in [7, 11) is 1.71. The first-order valence-corrected chi connectivity index (χ1v) is 13.5. The van der Waals surface area contributed by atoms with Crippen LogP contribution in [0, 0.1) is 18.8 Å². The van der Waals surface area contributed by atoms with Gasteiger partial charge in [-0.2, -0.15) is 0 Å². The number of carbonyl (C=O) groups is 2. The second-order valence-electron chi connectivity index (χ2n) is 10.5. The molecule has 5 rings (SSSR count). The number of aryl methyl sites for hydroxylation is 1. The van der Waals surface area contributed by atoms with Crippen molar-refractivity contribution in [1.82, 2.24) is 20.1 Å². The lowest BCUT2D eigenvalue weighted by Gasteiger charge is -2.42. The highest BCUT2D eigenvalue weighted by Crippen LogP contribution is 2.33. The first-order valence-electron chi connectivity index (χ1n) is 13.5. The second kappa shape index (κ2) is 11.7. The van der Waals surface area contributed by atoms with Crippen LogP contribution in [0.4, 0.5) is 5.69 Å². The third-order valence-corrected chi connectivity index (χ3v) is 8.09. The number of benzene rings is 2. The second-order valence-corrected chi connectivity index (χ2v) is 10.5. The van der Waals surface area contributed by atoms with Gasteiger partial charge in [0.1, 0.15) is 0 Å². The highest BCUT2D eigenvalue weighted by Gasteiger charge is 2.51. The molecule has 3 saturated heterocycles. The molecule has 0 radical (unpaired) electrons. The predicted octanol–water partition coefficient (Wildman–Crippen LogP) is 2.14. The number of hydrogen-bond acceptors (Lipinski definition) is 6. The van der Waals surface area contributed by atoms with Gasteiger partial charge in [0.05, 0.1) is 23.6 Å². The molecule has 2 amide bonds. The maximum absolute atomic E-state index is 13.9. The molecule has 0 aliphatic carbocycles. The Morgan fingerprint density at radius 1 is 0.973 bits per heavy atom. The number of hydrazine groups is 1. The SMILES string of the molecule is COCCCN1CC(C(=O)N2CCN(Cc3ccccc3C)CC2)C2NN(c3ccccc3)C(=O)C2C1. The van der Waals surface area contributed by atoms with Crippen molar-refractivity contribution in [2.24, 2.45) is 11.8 Å². The number of piperazine rings is 1. The van der Waals surface area contributed by atoms with Gasteiger partial charge in [0.25, 0.3) is 0 Å². The molecule has 3 aliphatic rings. The van der Waals surface area contributed by atoms with E-state index in [-0.39, 0.29) is 29.7 Å². The van der Waals surface area contributed by atoms with E-state index >= 15 is 0 Å². The summed E-state index contributed by atoms with van der Waals surface area (Å²) in [5.74, 6) is -0.291. The standard InChI is InChI=1S/C29H39N5O3/c1-22-9-6-7-10-23(22)19-31-14-16-33(17-15-31)28(35)25-20-32(13-8-18-37-2)21-26-27(25)30-34(29(26)36)24-11-4-3-5-12-24/h3-7,9-12,25-27,30H,8,13-21H2,1-2H3. The number of nitrogens with zero attached hydrogens (tertiary/aromatic N) is 4. The zero-order valence-corrected chi connectivity index (χ0v) is 22.0. The molecular formula is C29H39N5O3. The monoisotopic (exact) mass is 505 g/mol. The van der Waals surface area contributed by atoms with Crippen molar-refractivity contribution in [3.63, 3.8) is 0 Å². The fourth-order valence-electron chi connectivity index (χ4n) is 5.94. The van der Waals surface area contributed by atoms with Crippen LogP contribution in [0.5, 0.6) is 0 Å². The van der Waals surface area contributed by atoms with E-state index in [1.807, 2.05) is 35.2 Å². The smallest absolute Gasteiger partial charge is 0.247 e. The molecule has 2 aromatic carbocycles. The Labute approximate surface area is 220 Å². The van der Waals surface area contributed by atoms with Gasteiger partial charge in [0.15, 0.2) is 0 Å². The van der Waals surface area contributed by atoms with Crippen molar-refractivity contribution in [2.45, 2.75) is 25.9 Å². The normalized spacial score (nSPS) is 24.9. The van der Waals surface area contributed by atoms with Crippen molar-refractivity contribution >= 4 is 17.5 Å². The molecule has 0 spiro atoms. The van der Waals surface area contributed by atoms with E-state index in [4.69, 9.17) is 4.74 Å². The third-order valence-electron chi connectivity index (χ3n) is 8.09. The van der Waals surface area contributed by atoms with Crippen LogP contribution in [-0.2, 0) is 20.9 Å². The fourth-order valence-corrected chi connectivity index (χ4v) is 5.94. The van der Waals surface area contributed by atoms with Crippen LogP contribution in [-0.4, -0.2) is 92.1 Å². The minimum atomic E-state index is -0.262. The maximum Gasteiger partial charge on any atom is 0.247 e. The number of rotatable bonds is 8. The number of hydrogen-bond donors (Lipinski definition) is 1. The number of anilines is 1. The molecule has 198 valence electrons. The zero-order chi connectivity index (χ0) is 25.8. The molecule has 3 aliphatic heterocycles. The number of fused-ring (bicyclic) bond motifs is 1. The van der Waals surface area contributed by atoms with Crippen LogP contribution in [0.15, 0.2) is 54.6 Å². The van der Waals surface area contributed by atoms with E-state index in [0.717, 1.165) is 51.4 Å². The zero-order valence-electron chi connectivity index (χ0n) is 22.0. The third kappa shape index (κ3) is 5.72. The highest BCUT2D eigenvalue weighted by molar-refractivity contribution is 5.98. The van der Waals surface area contributed by atoms with E-state index in [0.29, 0.717) is 19.7 Å². The van der Waals surface area contributed by atoms with Crippen molar-refractivity contribution in [3.05, 3.63) is 65.7 Å². The van der Waals surface area contributed by atoms with Gasteiger partial charge in [-0.15, -0.1) is 0 Å². The minimum Gasteiger partial charge on any atom is -0.385 e. The minimum absolute atomic E-state index is 0.0495. The summed E-state index contributed by atoms with van der Waals surface area (Å²) in [6.07, 6.45) is 0.885. The molecular weight excluding hydrogens is 466 g/mol. The quantitative estimate of drug-likeness (QED) is 0.555. The number of piperidine rings is 1. The fraction of sp³-hybridized carbons (Fsp3) is 0.517. The van der Waals surface area contributed by atoms with Crippen molar-refractivity contribution in [2.75, 3.05) is 64.5 Å². The summed E-state index contributed by atoms with van der Waals surface area (Å²) < 4.78 is 5.25. The number of likely N-dealkylation sites (tertiary alicyclic amines) is 1. The number of amides is 2. The molecule has 0 bridgehead atoms. The van der Waals surface area contributed by atoms with Crippen molar-refractivity contribution < 1.29 is 14.3 Å². The number of carbonyl (C=O) groups excluding carboxylic acids is 2. The molecule has 2 aromatic rings. The Balaban J connectivity index is 1.27. The molecule has 37 heavy (non-hydrogen) atoms. The van der Waals surface area contributed by atoms with Crippen LogP contribution >= 0.6 is 0 Å². The van der Waals surface area contributed by atoms with E-state index in [9.17, 15) is 9.59 Å². The molecule has 3 unspecified atom stereocenters. The Morgan fingerprint density at radius 2 is 1.70 bits per heavy atom. The Kier molecular flexibility index (Phi) is 8.20. The van der Waals surface area contributed by atoms with Gasteiger partial charge in [-0.3, -0.25) is 14.5 Å². The Hall–Kier alpha value is -2.78. The largest absolute Gasteiger partial charge is 0.385 e. The summed E-state index contributed by atoms with van der Waals surface area (Å²) in [6, 6.07) is 18.0. The topological polar surface area (TPSA) is 68.4 Å². The maximum atomic E-state index is 13.9. The van der Waals surface area contributed by atoms with E-state index in [1.165, 1.54) is 11.1 Å². The van der Waals surface area contributed by atoms with Crippen LogP contribution < -0.4 is 10.4 Å². The number of nitrogens with one attached hydrogen (secondary N) is 1. The van der Waals surface area contributed by atoms with Gasteiger partial charge in [-0.1, -0.05) is 42.5 Å². The Morgan fingerprint density at radius 3 is 2.43 bits per heavy atom. The molecule has 3 fully saturated rings. The van der Waals surface area contributed by atoms with E-state index < -0.39 is 0 Å². The predicted molar refractivity (Wildman–Crippen MR) is 144 cm³/mol. The van der Waals surface area contributed by atoms with Gasteiger partial charge < -0.3 is 14.5 Å². The van der Waals surface area contributed by atoms with Crippen LogP contribution in [0.2, 0.25) is 0 Å². The summed E-state index contributed by atoms with van der Waals surface area (Å²) in [4.78, 5) is 34.1. The summed E-state index contributed by atoms with van der Waals surface area (Å²) in [5.41, 5.74) is 6.92. The highest BCUT2D eigenvalue weighted by atomic mass is 16.5. The van der Waals surface area contributed by atoms with Crippen molar-refractivity contribution in [1.29, 1.82) is 0 Å². The molecule has 0 aromatic heterocycles. The average Bonchev–Trinajstić information content (AvgIpc) is 3.26. The van der Waals surface area contributed by atoms with Crippen LogP contribution in [0.3, 0.4) is 0 Å². The molecule has 3 heterocycles. The number of ether oxygens (including phenoxy) is 1. The Bertz CT molecular complexity index is 1070. The van der Waals surface area contributed by atoms with E-state index in [1.54, 1.807) is 12.1 Å². The van der Waals surface area contributed by atoms with Gasteiger partial charge >= 0.3 is 0 Å². The van der Waals surface area contributed by atoms with Crippen molar-refractivity contribution in [3.8, 4) is 0 Å².